The Labute approximate surface area is 151 Å². The van der Waals surface area contributed by atoms with Crippen LogP contribution < -0.4 is 10.2 Å². The largest absolute Gasteiger partial charge is 0.490 e. The third kappa shape index (κ3) is 5.31. The van der Waals surface area contributed by atoms with Crippen LogP contribution in [0, 0.1) is 0 Å². The summed E-state index contributed by atoms with van der Waals surface area (Å²) in [4.78, 5) is 0. The lowest BCUT2D eigenvalue weighted by Crippen LogP contribution is -2.09. The quantitative estimate of drug-likeness (QED) is 0.533. The van der Waals surface area contributed by atoms with Gasteiger partial charge in [-0.05, 0) is 44.2 Å². The Bertz CT molecular complexity index is 682. The summed E-state index contributed by atoms with van der Waals surface area (Å²) in [5, 5.41) is 6.03. The van der Waals surface area contributed by atoms with Crippen LogP contribution >= 0.6 is 34.8 Å². The second kappa shape index (κ2) is 8.44. The highest BCUT2D eigenvalue weighted by Crippen LogP contribution is 2.24. The monoisotopic (exact) mass is 370 g/mol. The minimum Gasteiger partial charge on any atom is -0.490 e. The number of nitrogens with one attached hydrogen (secondary N) is 1. The smallest absolute Gasteiger partial charge is 0.128 e. The van der Waals surface area contributed by atoms with E-state index >= 15 is 0 Å². The summed E-state index contributed by atoms with van der Waals surface area (Å²) in [5.74, 6) is 0.728. The molecule has 0 aliphatic heterocycles. The molecule has 0 saturated carbocycles. The van der Waals surface area contributed by atoms with Crippen molar-refractivity contribution in [2.24, 2.45) is 5.10 Å². The van der Waals surface area contributed by atoms with E-state index in [1.54, 1.807) is 36.5 Å². The van der Waals surface area contributed by atoms with Crippen LogP contribution in [0.5, 0.6) is 5.75 Å². The zero-order chi connectivity index (χ0) is 16.8. The molecule has 0 saturated heterocycles. The van der Waals surface area contributed by atoms with Crippen LogP contribution in [-0.2, 0) is 6.54 Å². The lowest BCUT2D eigenvalue weighted by Gasteiger charge is -2.12. The van der Waals surface area contributed by atoms with E-state index in [1.807, 2.05) is 19.9 Å². The van der Waals surface area contributed by atoms with Gasteiger partial charge in [-0.1, -0.05) is 40.9 Å². The van der Waals surface area contributed by atoms with E-state index in [-0.39, 0.29) is 6.10 Å². The van der Waals surface area contributed by atoms with Crippen molar-refractivity contribution >= 4 is 41.0 Å². The maximum absolute atomic E-state index is 6.11. The molecule has 0 amide bonds. The van der Waals surface area contributed by atoms with Gasteiger partial charge in [0.1, 0.15) is 5.75 Å². The molecule has 0 aromatic heterocycles. The Morgan fingerprint density at radius 3 is 2.48 bits per heavy atom. The average Bonchev–Trinajstić information content (AvgIpc) is 2.48. The van der Waals surface area contributed by atoms with Gasteiger partial charge in [0.15, 0.2) is 0 Å². The fraction of sp³-hybridized carbons (Fsp3) is 0.235. The number of ether oxygens (including phenoxy) is 1. The molecule has 23 heavy (non-hydrogen) atoms. The number of benzene rings is 2. The summed E-state index contributed by atoms with van der Waals surface area (Å²) < 4.78 is 5.73. The van der Waals surface area contributed by atoms with Crippen LogP contribution in [0.4, 0.5) is 0 Å². The van der Waals surface area contributed by atoms with Crippen molar-refractivity contribution in [3.05, 3.63) is 62.6 Å². The first kappa shape index (κ1) is 17.9. The molecule has 2 aromatic carbocycles. The minimum atomic E-state index is 0.0678. The third-order valence-corrected chi connectivity index (χ3v) is 3.89. The topological polar surface area (TPSA) is 33.6 Å². The predicted molar refractivity (Wildman–Crippen MR) is 98.1 cm³/mol. The van der Waals surface area contributed by atoms with Crippen molar-refractivity contribution in [3.8, 4) is 5.75 Å². The molecule has 0 atom stereocenters. The molecule has 6 heteroatoms. The number of hydrogen-bond acceptors (Lipinski definition) is 3. The second-order valence-corrected chi connectivity index (χ2v) is 6.39. The van der Waals surface area contributed by atoms with Crippen molar-refractivity contribution < 1.29 is 4.74 Å². The van der Waals surface area contributed by atoms with Gasteiger partial charge in [0.05, 0.1) is 18.9 Å². The highest BCUT2D eigenvalue weighted by atomic mass is 35.5. The van der Waals surface area contributed by atoms with Crippen molar-refractivity contribution in [2.45, 2.75) is 26.5 Å². The molecule has 3 nitrogen and oxygen atoms in total. The summed E-state index contributed by atoms with van der Waals surface area (Å²) in [6, 6.07) is 10.8. The highest BCUT2D eigenvalue weighted by Gasteiger charge is 2.06. The average molecular weight is 372 g/mol. The normalized spacial score (nSPS) is 11.2. The van der Waals surface area contributed by atoms with Crippen molar-refractivity contribution in [2.75, 3.05) is 0 Å². The van der Waals surface area contributed by atoms with E-state index in [0.29, 0.717) is 21.6 Å². The highest BCUT2D eigenvalue weighted by molar-refractivity contribution is 6.36. The molecule has 1 N–H and O–H groups in total. The van der Waals surface area contributed by atoms with E-state index in [4.69, 9.17) is 39.5 Å². The summed E-state index contributed by atoms with van der Waals surface area (Å²) in [7, 11) is 0. The van der Waals surface area contributed by atoms with E-state index < -0.39 is 0 Å². The molecule has 0 fully saturated rings. The molecule has 0 aliphatic rings. The summed E-state index contributed by atoms with van der Waals surface area (Å²) in [6.07, 6.45) is 1.73. The van der Waals surface area contributed by atoms with Gasteiger partial charge in [-0.3, -0.25) is 0 Å². The number of halogens is 3. The molecular weight excluding hydrogens is 355 g/mol. The van der Waals surface area contributed by atoms with Crippen molar-refractivity contribution in [1.29, 1.82) is 0 Å². The van der Waals surface area contributed by atoms with E-state index in [1.165, 1.54) is 0 Å². The zero-order valence-electron chi connectivity index (χ0n) is 12.8. The van der Waals surface area contributed by atoms with Crippen LogP contribution in [0.2, 0.25) is 15.1 Å². The lowest BCUT2D eigenvalue weighted by molar-refractivity contribution is 0.242. The Morgan fingerprint density at radius 2 is 1.83 bits per heavy atom. The van der Waals surface area contributed by atoms with Crippen LogP contribution in [0.25, 0.3) is 0 Å². The Balaban J connectivity index is 2.07. The van der Waals surface area contributed by atoms with Gasteiger partial charge in [-0.25, -0.2) is 0 Å². The van der Waals surface area contributed by atoms with Crippen LogP contribution in [0.1, 0.15) is 25.0 Å². The van der Waals surface area contributed by atoms with Gasteiger partial charge < -0.3 is 10.2 Å². The first-order valence-electron chi connectivity index (χ1n) is 7.12. The Morgan fingerprint density at radius 1 is 1.13 bits per heavy atom. The number of rotatable bonds is 6. The fourth-order valence-electron chi connectivity index (χ4n) is 1.92. The van der Waals surface area contributed by atoms with Crippen molar-refractivity contribution in [1.82, 2.24) is 5.43 Å². The summed E-state index contributed by atoms with van der Waals surface area (Å²) >= 11 is 18.3. The molecule has 122 valence electrons. The van der Waals surface area contributed by atoms with Gasteiger partial charge in [-0.2, -0.15) is 5.10 Å². The molecule has 2 aromatic rings. The molecule has 0 spiro atoms. The lowest BCUT2D eigenvalue weighted by atomic mass is 10.2. The zero-order valence-corrected chi connectivity index (χ0v) is 15.1. The van der Waals surface area contributed by atoms with Gasteiger partial charge in [0.2, 0.25) is 0 Å². The summed E-state index contributed by atoms with van der Waals surface area (Å²) in [5.41, 5.74) is 4.53. The van der Waals surface area contributed by atoms with Gasteiger partial charge >= 0.3 is 0 Å². The summed E-state index contributed by atoms with van der Waals surface area (Å²) in [6.45, 7) is 4.36. The molecule has 0 aliphatic carbocycles. The number of hydrogen-bond donors (Lipinski definition) is 1. The maximum atomic E-state index is 6.11. The molecule has 0 radical (unpaired) electrons. The number of hydrazone groups is 1. The van der Waals surface area contributed by atoms with Crippen LogP contribution in [-0.4, -0.2) is 12.3 Å². The van der Waals surface area contributed by atoms with E-state index in [0.717, 1.165) is 16.9 Å². The molecule has 2 rings (SSSR count). The van der Waals surface area contributed by atoms with E-state index in [2.05, 4.69) is 10.5 Å². The predicted octanol–water partition coefficient (Wildman–Crippen LogP) is 5.56. The van der Waals surface area contributed by atoms with Gasteiger partial charge in [0.25, 0.3) is 0 Å². The molecule has 0 bridgehead atoms. The van der Waals surface area contributed by atoms with E-state index in [9.17, 15) is 0 Å². The SMILES string of the molecule is CC(C)Oc1ccc(Cl)cc1/C=N/NCc1c(Cl)cccc1Cl. The standard InChI is InChI=1S/C17H17Cl3N2O/c1-11(2)23-17-7-6-13(18)8-12(17)9-21-22-10-14-15(19)4-3-5-16(14)20/h3-9,11,22H,10H2,1-2H3/b21-9+. The first-order chi connectivity index (χ1) is 11.0. The molecular formula is C17H17Cl3N2O. The number of nitrogens with zero attached hydrogens (tertiary/aromatic N) is 1. The molecule has 0 unspecified atom stereocenters. The van der Waals surface area contributed by atoms with Gasteiger partial charge in [0, 0.05) is 26.2 Å². The Hall–Kier alpha value is -1.42. The second-order valence-electron chi connectivity index (χ2n) is 5.14. The maximum Gasteiger partial charge on any atom is 0.128 e. The Kier molecular flexibility index (Phi) is 6.58. The third-order valence-electron chi connectivity index (χ3n) is 2.95. The van der Waals surface area contributed by atoms with Crippen molar-refractivity contribution in [3.63, 3.8) is 0 Å². The fourth-order valence-corrected chi connectivity index (χ4v) is 2.63. The van der Waals surface area contributed by atoms with Crippen LogP contribution in [0.15, 0.2) is 41.5 Å². The minimum absolute atomic E-state index is 0.0678. The first-order valence-corrected chi connectivity index (χ1v) is 8.26. The van der Waals surface area contributed by atoms with Gasteiger partial charge in [-0.15, -0.1) is 0 Å². The van der Waals surface area contributed by atoms with Crippen LogP contribution in [0.3, 0.4) is 0 Å². The molecule has 0 heterocycles.